The minimum atomic E-state index is -0.931. The van der Waals surface area contributed by atoms with Crippen molar-refractivity contribution in [2.45, 2.75) is 19.4 Å². The average molecular weight is 338 g/mol. The second kappa shape index (κ2) is 6.84. The van der Waals surface area contributed by atoms with Crippen LogP contribution in [0.5, 0.6) is 0 Å². The number of hydrogen-bond acceptors (Lipinski definition) is 3. The van der Waals surface area contributed by atoms with Crippen molar-refractivity contribution >= 4 is 11.8 Å². The molecule has 2 heterocycles. The molecule has 7 heteroatoms. The third kappa shape index (κ3) is 3.26. The molecular formula is C17H20F2N2O3. The SMILES string of the molecule is CCN1C[C@@H](C(=O)N2CCO[C@@H](c3ccc(F)c(F)c3)C2)CC1=O. The Labute approximate surface area is 139 Å². The molecule has 0 radical (unpaired) electrons. The highest BCUT2D eigenvalue weighted by Gasteiger charge is 2.37. The molecule has 5 nitrogen and oxygen atoms in total. The summed E-state index contributed by atoms with van der Waals surface area (Å²) in [5.41, 5.74) is 0.504. The summed E-state index contributed by atoms with van der Waals surface area (Å²) in [5.74, 6) is -2.25. The molecule has 0 aromatic heterocycles. The normalized spacial score (nSPS) is 24.5. The minimum Gasteiger partial charge on any atom is -0.370 e. The van der Waals surface area contributed by atoms with Crippen molar-refractivity contribution in [2.24, 2.45) is 5.92 Å². The van der Waals surface area contributed by atoms with E-state index in [1.54, 1.807) is 9.80 Å². The zero-order valence-corrected chi connectivity index (χ0v) is 13.5. The van der Waals surface area contributed by atoms with Gasteiger partial charge in [-0.1, -0.05) is 6.07 Å². The molecule has 130 valence electrons. The van der Waals surface area contributed by atoms with Crippen LogP contribution in [0.25, 0.3) is 0 Å². The molecule has 2 fully saturated rings. The number of rotatable bonds is 3. The Morgan fingerprint density at radius 3 is 2.75 bits per heavy atom. The molecule has 1 aromatic carbocycles. The van der Waals surface area contributed by atoms with Crippen LogP contribution in [0.3, 0.4) is 0 Å². The fourth-order valence-electron chi connectivity index (χ4n) is 3.27. The number of nitrogens with zero attached hydrogens (tertiary/aromatic N) is 2. The Morgan fingerprint density at radius 1 is 1.29 bits per heavy atom. The number of hydrogen-bond donors (Lipinski definition) is 0. The van der Waals surface area contributed by atoms with Crippen molar-refractivity contribution in [3.8, 4) is 0 Å². The van der Waals surface area contributed by atoms with Crippen LogP contribution in [-0.2, 0) is 14.3 Å². The third-order valence-corrected chi connectivity index (χ3v) is 4.64. The topological polar surface area (TPSA) is 49.9 Å². The van der Waals surface area contributed by atoms with E-state index in [0.717, 1.165) is 12.1 Å². The van der Waals surface area contributed by atoms with E-state index in [0.29, 0.717) is 31.8 Å². The van der Waals surface area contributed by atoms with E-state index in [1.165, 1.54) is 6.07 Å². The molecule has 0 unspecified atom stereocenters. The van der Waals surface area contributed by atoms with Crippen LogP contribution in [0.1, 0.15) is 25.0 Å². The summed E-state index contributed by atoms with van der Waals surface area (Å²) in [6.07, 6.45) is -0.253. The Morgan fingerprint density at radius 2 is 2.08 bits per heavy atom. The van der Waals surface area contributed by atoms with Gasteiger partial charge in [-0.15, -0.1) is 0 Å². The Kier molecular flexibility index (Phi) is 4.80. The summed E-state index contributed by atoms with van der Waals surface area (Å²) < 4.78 is 32.1. The molecule has 2 saturated heterocycles. The van der Waals surface area contributed by atoms with E-state index < -0.39 is 17.7 Å². The molecule has 2 amide bonds. The van der Waals surface area contributed by atoms with Crippen LogP contribution in [-0.4, -0.2) is 54.4 Å². The maximum Gasteiger partial charge on any atom is 0.228 e. The summed E-state index contributed by atoms with van der Waals surface area (Å²) >= 11 is 0. The van der Waals surface area contributed by atoms with Gasteiger partial charge in [0.05, 0.1) is 19.1 Å². The number of morpholine rings is 1. The van der Waals surface area contributed by atoms with E-state index in [2.05, 4.69) is 0 Å². The fraction of sp³-hybridized carbons (Fsp3) is 0.529. The Hall–Kier alpha value is -2.02. The van der Waals surface area contributed by atoms with Crippen molar-refractivity contribution in [3.05, 3.63) is 35.4 Å². The molecular weight excluding hydrogens is 318 g/mol. The van der Waals surface area contributed by atoms with Gasteiger partial charge in [0.15, 0.2) is 11.6 Å². The first-order valence-electron chi connectivity index (χ1n) is 8.12. The highest BCUT2D eigenvalue weighted by molar-refractivity contribution is 5.89. The van der Waals surface area contributed by atoms with Crippen LogP contribution in [0.15, 0.2) is 18.2 Å². The summed E-state index contributed by atoms with van der Waals surface area (Å²) in [6.45, 7) is 3.98. The van der Waals surface area contributed by atoms with Gasteiger partial charge >= 0.3 is 0 Å². The smallest absolute Gasteiger partial charge is 0.228 e. The molecule has 2 atom stereocenters. The predicted octanol–water partition coefficient (Wildman–Crippen LogP) is 1.73. The van der Waals surface area contributed by atoms with Gasteiger partial charge in [-0.25, -0.2) is 8.78 Å². The maximum atomic E-state index is 13.4. The summed E-state index contributed by atoms with van der Waals surface area (Å²) in [7, 11) is 0. The summed E-state index contributed by atoms with van der Waals surface area (Å²) in [4.78, 5) is 27.8. The number of ether oxygens (including phenoxy) is 1. The molecule has 3 rings (SSSR count). The molecule has 0 bridgehead atoms. The molecule has 0 aliphatic carbocycles. The fourth-order valence-corrected chi connectivity index (χ4v) is 3.27. The first-order chi connectivity index (χ1) is 11.5. The van der Waals surface area contributed by atoms with Gasteiger partial charge < -0.3 is 14.5 Å². The Bertz CT molecular complexity index is 653. The number of benzene rings is 1. The van der Waals surface area contributed by atoms with Gasteiger partial charge in [-0.05, 0) is 24.6 Å². The van der Waals surface area contributed by atoms with Crippen LogP contribution in [0.4, 0.5) is 8.78 Å². The minimum absolute atomic E-state index is 0.00117. The number of carbonyl (C=O) groups excluding carboxylic acids is 2. The lowest BCUT2D eigenvalue weighted by molar-refractivity contribution is -0.143. The largest absolute Gasteiger partial charge is 0.370 e. The lowest BCUT2D eigenvalue weighted by Gasteiger charge is -2.34. The summed E-state index contributed by atoms with van der Waals surface area (Å²) in [6, 6.07) is 3.63. The van der Waals surface area contributed by atoms with Crippen molar-refractivity contribution in [1.29, 1.82) is 0 Å². The third-order valence-electron chi connectivity index (χ3n) is 4.64. The Balaban J connectivity index is 1.68. The molecule has 1 aromatic rings. The monoisotopic (exact) mass is 338 g/mol. The van der Waals surface area contributed by atoms with Gasteiger partial charge in [-0.2, -0.15) is 0 Å². The maximum absolute atomic E-state index is 13.4. The number of amides is 2. The van der Waals surface area contributed by atoms with Crippen LogP contribution >= 0.6 is 0 Å². The molecule has 2 aliphatic heterocycles. The first kappa shape index (κ1) is 16.8. The number of halogens is 2. The van der Waals surface area contributed by atoms with Crippen molar-refractivity contribution in [1.82, 2.24) is 9.80 Å². The van der Waals surface area contributed by atoms with E-state index >= 15 is 0 Å². The van der Waals surface area contributed by atoms with Gasteiger partial charge in [0.1, 0.15) is 6.10 Å². The lowest BCUT2D eigenvalue weighted by atomic mass is 10.0. The average Bonchev–Trinajstić information content (AvgIpc) is 2.97. The van der Waals surface area contributed by atoms with E-state index in [9.17, 15) is 18.4 Å². The lowest BCUT2D eigenvalue weighted by Crippen LogP contribution is -2.45. The molecule has 2 aliphatic rings. The molecule has 0 N–H and O–H groups in total. The molecule has 24 heavy (non-hydrogen) atoms. The van der Waals surface area contributed by atoms with E-state index in [-0.39, 0.29) is 30.7 Å². The highest BCUT2D eigenvalue weighted by Crippen LogP contribution is 2.26. The predicted molar refractivity (Wildman–Crippen MR) is 82.0 cm³/mol. The summed E-state index contributed by atoms with van der Waals surface area (Å²) in [5, 5.41) is 0. The van der Waals surface area contributed by atoms with E-state index in [1.807, 2.05) is 6.92 Å². The second-order valence-corrected chi connectivity index (χ2v) is 6.15. The quantitative estimate of drug-likeness (QED) is 0.843. The standard InChI is InChI=1S/C17H20F2N2O3/c1-2-20-9-12(8-16(20)22)17(23)21-5-6-24-15(10-21)11-3-4-13(18)14(19)7-11/h3-4,7,12,15H,2,5-6,8-10H2,1H3/t12-,15+/m0/s1. The van der Waals surface area contributed by atoms with Crippen LogP contribution in [0.2, 0.25) is 0 Å². The van der Waals surface area contributed by atoms with Gasteiger partial charge in [0.25, 0.3) is 0 Å². The van der Waals surface area contributed by atoms with Crippen molar-refractivity contribution in [2.75, 3.05) is 32.8 Å². The van der Waals surface area contributed by atoms with Crippen molar-refractivity contribution < 1.29 is 23.1 Å². The highest BCUT2D eigenvalue weighted by atomic mass is 19.2. The van der Waals surface area contributed by atoms with Crippen LogP contribution < -0.4 is 0 Å². The molecule has 0 spiro atoms. The zero-order valence-electron chi connectivity index (χ0n) is 13.5. The second-order valence-electron chi connectivity index (χ2n) is 6.15. The first-order valence-corrected chi connectivity index (χ1v) is 8.12. The van der Waals surface area contributed by atoms with E-state index in [4.69, 9.17) is 4.74 Å². The van der Waals surface area contributed by atoms with Gasteiger partial charge in [0, 0.05) is 26.1 Å². The van der Waals surface area contributed by atoms with Crippen molar-refractivity contribution in [3.63, 3.8) is 0 Å². The molecule has 0 saturated carbocycles. The number of carbonyl (C=O) groups is 2. The van der Waals surface area contributed by atoms with Crippen LogP contribution in [0, 0.1) is 17.6 Å². The van der Waals surface area contributed by atoms with Gasteiger partial charge in [0.2, 0.25) is 11.8 Å². The number of likely N-dealkylation sites (tertiary alicyclic amines) is 1. The zero-order chi connectivity index (χ0) is 17.3. The van der Waals surface area contributed by atoms with Gasteiger partial charge in [-0.3, -0.25) is 9.59 Å².